The van der Waals surface area contributed by atoms with Crippen LogP contribution in [0.2, 0.25) is 0 Å². The van der Waals surface area contributed by atoms with Crippen molar-refractivity contribution in [3.05, 3.63) is 120 Å². The van der Waals surface area contributed by atoms with E-state index < -0.39 is 34.3 Å². The smallest absolute Gasteiger partial charge is 0.264 e. The number of carbonyl (C=O) groups excluding carboxylic acids is 2. The Morgan fingerprint density at radius 1 is 0.833 bits per heavy atom. The summed E-state index contributed by atoms with van der Waals surface area (Å²) in [5, 5.41) is 3.14. The van der Waals surface area contributed by atoms with Crippen LogP contribution < -0.4 is 19.1 Å². The lowest BCUT2D eigenvalue weighted by Gasteiger charge is -2.34. The van der Waals surface area contributed by atoms with E-state index in [4.69, 9.17) is 9.47 Å². The number of nitrogens with zero attached hydrogens (tertiary/aromatic N) is 2. The molecule has 48 heavy (non-hydrogen) atoms. The number of anilines is 1. The third kappa shape index (κ3) is 8.32. The number of hydrogen-bond donors (Lipinski definition) is 1. The Bertz CT molecular complexity index is 1780. The van der Waals surface area contributed by atoms with Crippen molar-refractivity contribution in [2.45, 2.75) is 55.6 Å². The summed E-state index contributed by atoms with van der Waals surface area (Å²) >= 11 is 0. The Morgan fingerprint density at radius 2 is 1.46 bits per heavy atom. The predicted octanol–water partition coefficient (Wildman–Crippen LogP) is 5.74. The molecule has 1 N–H and O–H groups in total. The van der Waals surface area contributed by atoms with E-state index >= 15 is 0 Å². The highest BCUT2D eigenvalue weighted by Crippen LogP contribution is 2.32. The number of carbonyl (C=O) groups is 2. The van der Waals surface area contributed by atoms with Crippen LogP contribution in [0.3, 0.4) is 0 Å². The second-order valence-electron chi connectivity index (χ2n) is 11.7. The molecule has 4 aromatic rings. The number of amides is 2. The van der Waals surface area contributed by atoms with Gasteiger partial charge in [-0.3, -0.25) is 13.9 Å². The maximum Gasteiger partial charge on any atom is 0.264 e. The molecule has 0 aliphatic heterocycles. The molecule has 11 heteroatoms. The van der Waals surface area contributed by atoms with Crippen molar-refractivity contribution in [1.29, 1.82) is 0 Å². The van der Waals surface area contributed by atoms with Crippen LogP contribution in [0.25, 0.3) is 0 Å². The van der Waals surface area contributed by atoms with Gasteiger partial charge in [-0.25, -0.2) is 12.8 Å². The van der Waals surface area contributed by atoms with Gasteiger partial charge in [-0.15, -0.1) is 0 Å². The van der Waals surface area contributed by atoms with Gasteiger partial charge in [0.05, 0.1) is 24.8 Å². The van der Waals surface area contributed by atoms with Gasteiger partial charge in [0.1, 0.15) is 18.4 Å². The van der Waals surface area contributed by atoms with Crippen molar-refractivity contribution < 1.29 is 31.9 Å². The first kappa shape index (κ1) is 34.4. The van der Waals surface area contributed by atoms with Crippen LogP contribution in [0.5, 0.6) is 11.5 Å². The molecule has 4 aromatic carbocycles. The standard InChI is InChI=1S/C37H40FN3O6S/c1-46-34-22-21-32(24-35(34)47-2)48(44,45)41(31-15-7-4-8-16-31)26-36(42)40(25-28-17-19-29(38)20-18-28)33(23-27-11-5-3-6-12-27)37(43)39-30-13-9-10-14-30/h3-8,11-12,15-22,24,30,33H,9-10,13-14,23,25-26H2,1-2H3,(H,39,43)/t33-/m0/s1. The highest BCUT2D eigenvalue weighted by atomic mass is 32.2. The second-order valence-corrected chi connectivity index (χ2v) is 13.6. The molecule has 0 radical (unpaired) electrons. The normalized spacial score (nSPS) is 13.8. The van der Waals surface area contributed by atoms with Crippen molar-refractivity contribution in [1.82, 2.24) is 10.2 Å². The van der Waals surface area contributed by atoms with Crippen LogP contribution in [-0.4, -0.2) is 58.0 Å². The van der Waals surface area contributed by atoms with Crippen LogP contribution in [0.1, 0.15) is 36.8 Å². The van der Waals surface area contributed by atoms with Gasteiger partial charge in [-0.2, -0.15) is 0 Å². The average Bonchev–Trinajstić information content (AvgIpc) is 3.62. The third-order valence-electron chi connectivity index (χ3n) is 8.50. The molecule has 0 spiro atoms. The van der Waals surface area contributed by atoms with Crippen LogP contribution in [0.4, 0.5) is 10.1 Å². The molecule has 1 fully saturated rings. The molecule has 0 bridgehead atoms. The molecule has 1 atom stereocenters. The minimum Gasteiger partial charge on any atom is -0.493 e. The summed E-state index contributed by atoms with van der Waals surface area (Å²) in [6, 6.07) is 26.6. The van der Waals surface area contributed by atoms with Gasteiger partial charge in [0.15, 0.2) is 11.5 Å². The van der Waals surface area contributed by atoms with E-state index in [1.807, 2.05) is 30.3 Å². The molecular formula is C37H40FN3O6S. The lowest BCUT2D eigenvalue weighted by atomic mass is 10.0. The first-order valence-corrected chi connectivity index (χ1v) is 17.3. The minimum absolute atomic E-state index is 0.00945. The van der Waals surface area contributed by atoms with E-state index in [9.17, 15) is 22.4 Å². The number of rotatable bonds is 14. The van der Waals surface area contributed by atoms with Gasteiger partial charge in [-0.05, 0) is 60.4 Å². The summed E-state index contributed by atoms with van der Waals surface area (Å²) in [5.41, 5.74) is 1.68. The molecule has 0 unspecified atom stereocenters. The average molecular weight is 674 g/mol. The number of sulfonamides is 1. The quantitative estimate of drug-likeness (QED) is 0.183. The van der Waals surface area contributed by atoms with Crippen molar-refractivity contribution in [2.75, 3.05) is 25.1 Å². The number of para-hydroxylation sites is 1. The Morgan fingerprint density at radius 3 is 2.08 bits per heavy atom. The monoisotopic (exact) mass is 673 g/mol. The summed E-state index contributed by atoms with van der Waals surface area (Å²) in [6.07, 6.45) is 3.90. The summed E-state index contributed by atoms with van der Waals surface area (Å²) in [4.78, 5) is 30.0. The number of hydrogen-bond acceptors (Lipinski definition) is 6. The highest BCUT2D eigenvalue weighted by Gasteiger charge is 2.36. The largest absolute Gasteiger partial charge is 0.493 e. The highest BCUT2D eigenvalue weighted by molar-refractivity contribution is 7.92. The lowest BCUT2D eigenvalue weighted by molar-refractivity contribution is -0.140. The number of methoxy groups -OCH3 is 2. The van der Waals surface area contributed by atoms with Crippen molar-refractivity contribution in [3.63, 3.8) is 0 Å². The zero-order chi connectivity index (χ0) is 34.1. The van der Waals surface area contributed by atoms with Crippen LogP contribution >= 0.6 is 0 Å². The van der Waals surface area contributed by atoms with E-state index in [2.05, 4.69) is 5.32 Å². The summed E-state index contributed by atoms with van der Waals surface area (Å²) < 4.78 is 54.2. The maximum absolute atomic E-state index is 14.6. The second kappa shape index (κ2) is 15.8. The SMILES string of the molecule is COc1ccc(S(=O)(=O)N(CC(=O)N(Cc2ccc(F)cc2)[C@@H](Cc2ccccc2)C(=O)NC2CCCC2)c2ccccc2)cc1OC. The molecule has 5 rings (SSSR count). The van der Waals surface area contributed by atoms with Gasteiger partial charge in [0.25, 0.3) is 10.0 Å². The molecule has 9 nitrogen and oxygen atoms in total. The molecule has 252 valence electrons. The number of nitrogens with one attached hydrogen (secondary N) is 1. The first-order chi connectivity index (χ1) is 23.2. The molecule has 0 aromatic heterocycles. The van der Waals surface area contributed by atoms with Gasteiger partial charge in [0.2, 0.25) is 11.8 Å². The Hall–Kier alpha value is -4.90. The molecule has 2 amide bonds. The Kier molecular flexibility index (Phi) is 11.3. The van der Waals surface area contributed by atoms with E-state index in [-0.39, 0.29) is 41.2 Å². The van der Waals surface area contributed by atoms with Crippen molar-refractivity contribution >= 4 is 27.5 Å². The third-order valence-corrected chi connectivity index (χ3v) is 10.3. The number of ether oxygens (including phenoxy) is 2. The van der Waals surface area contributed by atoms with E-state index in [1.54, 1.807) is 42.5 Å². The molecule has 1 aliphatic rings. The van der Waals surface area contributed by atoms with E-state index in [1.165, 1.54) is 49.5 Å². The van der Waals surface area contributed by atoms with E-state index in [0.717, 1.165) is 35.6 Å². The van der Waals surface area contributed by atoms with Crippen molar-refractivity contribution in [3.8, 4) is 11.5 Å². The van der Waals surface area contributed by atoms with Gasteiger partial charge < -0.3 is 19.7 Å². The predicted molar refractivity (Wildman–Crippen MR) is 182 cm³/mol. The van der Waals surface area contributed by atoms with Gasteiger partial charge in [0, 0.05) is 25.1 Å². The summed E-state index contributed by atoms with van der Waals surface area (Å²) in [5.74, 6) is -0.804. The fraction of sp³-hybridized carbons (Fsp3) is 0.297. The maximum atomic E-state index is 14.6. The summed E-state index contributed by atoms with van der Waals surface area (Å²) in [6.45, 7) is -0.655. The van der Waals surface area contributed by atoms with Gasteiger partial charge in [-0.1, -0.05) is 73.5 Å². The molecule has 0 saturated heterocycles. The fourth-order valence-corrected chi connectivity index (χ4v) is 7.37. The van der Waals surface area contributed by atoms with Crippen molar-refractivity contribution in [2.24, 2.45) is 0 Å². The zero-order valence-corrected chi connectivity index (χ0v) is 27.9. The first-order valence-electron chi connectivity index (χ1n) is 15.9. The van der Waals surface area contributed by atoms with Crippen LogP contribution in [0, 0.1) is 5.82 Å². The molecule has 1 aliphatic carbocycles. The zero-order valence-electron chi connectivity index (χ0n) is 27.0. The minimum atomic E-state index is -4.34. The fourth-order valence-electron chi connectivity index (χ4n) is 5.94. The van der Waals surface area contributed by atoms with Crippen LogP contribution in [0.15, 0.2) is 108 Å². The Balaban J connectivity index is 1.56. The topological polar surface area (TPSA) is 105 Å². The lowest BCUT2D eigenvalue weighted by Crippen LogP contribution is -2.54. The molecule has 1 saturated carbocycles. The Labute approximate surface area is 281 Å². The van der Waals surface area contributed by atoms with Gasteiger partial charge >= 0.3 is 0 Å². The number of halogens is 1. The van der Waals surface area contributed by atoms with E-state index in [0.29, 0.717) is 11.3 Å². The summed E-state index contributed by atoms with van der Waals surface area (Å²) in [7, 11) is -1.49. The molecular weight excluding hydrogens is 633 g/mol. The van der Waals surface area contributed by atoms with Crippen LogP contribution in [-0.2, 0) is 32.6 Å². The molecule has 0 heterocycles. The number of benzene rings is 4.